The molecule has 2 rings (SSSR count). The molecule has 0 bridgehead atoms. The molecule has 0 radical (unpaired) electrons. The van der Waals surface area contributed by atoms with Crippen molar-refractivity contribution >= 4 is 11.4 Å². The van der Waals surface area contributed by atoms with Crippen LogP contribution in [-0.4, -0.2) is 19.8 Å². The Morgan fingerprint density at radius 2 is 2.24 bits per heavy atom. The number of nitrogen functional groups attached to an aromatic ring is 1. The summed E-state index contributed by atoms with van der Waals surface area (Å²) in [4.78, 5) is 0. The average Bonchev–Trinajstić information content (AvgIpc) is 3.09. The summed E-state index contributed by atoms with van der Waals surface area (Å²) in [6.07, 6.45) is 3.58. The highest BCUT2D eigenvalue weighted by molar-refractivity contribution is 5.65. The molecule has 1 aromatic carbocycles. The Kier molecular flexibility index (Phi) is 4.20. The lowest BCUT2D eigenvalue weighted by Crippen LogP contribution is -2.08. The Labute approximate surface area is 101 Å². The smallest absolute Gasteiger partial charge is 0.125 e. The minimum Gasteiger partial charge on any atom is -0.397 e. The van der Waals surface area contributed by atoms with Gasteiger partial charge >= 0.3 is 0 Å². The summed E-state index contributed by atoms with van der Waals surface area (Å²) in [5, 5.41) is 3.17. The van der Waals surface area contributed by atoms with E-state index in [9.17, 15) is 4.39 Å². The summed E-state index contributed by atoms with van der Waals surface area (Å²) >= 11 is 0. The van der Waals surface area contributed by atoms with E-state index in [1.54, 1.807) is 6.07 Å². The third-order valence-corrected chi connectivity index (χ3v) is 2.84. The van der Waals surface area contributed by atoms with E-state index in [1.165, 1.54) is 25.0 Å². The van der Waals surface area contributed by atoms with Crippen LogP contribution in [0.1, 0.15) is 19.3 Å². The van der Waals surface area contributed by atoms with E-state index < -0.39 is 0 Å². The van der Waals surface area contributed by atoms with Crippen molar-refractivity contribution in [1.82, 2.24) is 0 Å². The maximum atomic E-state index is 12.8. The molecule has 3 N–H and O–H groups in total. The molecule has 0 spiro atoms. The van der Waals surface area contributed by atoms with Crippen LogP contribution in [0.4, 0.5) is 15.8 Å². The first kappa shape index (κ1) is 12.2. The number of halogens is 1. The normalized spacial score (nSPS) is 14.9. The third kappa shape index (κ3) is 4.23. The van der Waals surface area contributed by atoms with Crippen LogP contribution in [0.25, 0.3) is 0 Å². The lowest BCUT2D eigenvalue weighted by Gasteiger charge is -2.09. The zero-order valence-corrected chi connectivity index (χ0v) is 9.92. The number of nitrogens with one attached hydrogen (secondary N) is 1. The fourth-order valence-corrected chi connectivity index (χ4v) is 1.63. The molecule has 0 saturated heterocycles. The van der Waals surface area contributed by atoms with Crippen LogP contribution in [-0.2, 0) is 4.74 Å². The number of benzene rings is 1. The predicted molar refractivity (Wildman–Crippen MR) is 67.5 cm³/mol. The van der Waals surface area contributed by atoms with Gasteiger partial charge in [0.25, 0.3) is 0 Å². The Balaban J connectivity index is 1.60. The van der Waals surface area contributed by atoms with Gasteiger partial charge in [-0.1, -0.05) is 0 Å². The van der Waals surface area contributed by atoms with Crippen LogP contribution in [0.2, 0.25) is 0 Å². The van der Waals surface area contributed by atoms with Gasteiger partial charge in [0, 0.05) is 19.8 Å². The van der Waals surface area contributed by atoms with Crippen LogP contribution < -0.4 is 11.1 Å². The largest absolute Gasteiger partial charge is 0.397 e. The highest BCUT2D eigenvalue weighted by Gasteiger charge is 2.20. The van der Waals surface area contributed by atoms with Gasteiger partial charge in [-0.2, -0.15) is 0 Å². The molecule has 4 heteroatoms. The lowest BCUT2D eigenvalue weighted by atomic mass is 10.2. The summed E-state index contributed by atoms with van der Waals surface area (Å²) in [5.74, 6) is 0.511. The molecule has 1 aliphatic rings. The standard InChI is InChI=1S/C13H19FN2O/c14-11-4-5-13(12(15)8-11)16-6-1-7-17-9-10-2-3-10/h4-5,8,10,16H,1-3,6-7,9,15H2. The first-order valence-electron chi connectivity index (χ1n) is 6.12. The van der Waals surface area contributed by atoms with E-state index in [2.05, 4.69) is 5.32 Å². The molecule has 0 atom stereocenters. The van der Waals surface area contributed by atoms with Gasteiger partial charge < -0.3 is 15.8 Å². The van der Waals surface area contributed by atoms with Gasteiger partial charge in [-0.25, -0.2) is 4.39 Å². The lowest BCUT2D eigenvalue weighted by molar-refractivity contribution is 0.124. The molecule has 0 unspecified atom stereocenters. The van der Waals surface area contributed by atoms with E-state index in [0.717, 1.165) is 37.8 Å². The molecule has 1 fully saturated rings. The number of ether oxygens (including phenoxy) is 1. The van der Waals surface area contributed by atoms with Crippen LogP contribution in [0.15, 0.2) is 18.2 Å². The predicted octanol–water partition coefficient (Wildman–Crippen LogP) is 2.64. The van der Waals surface area contributed by atoms with Gasteiger partial charge in [0.15, 0.2) is 0 Å². The maximum Gasteiger partial charge on any atom is 0.125 e. The van der Waals surface area contributed by atoms with E-state index in [4.69, 9.17) is 10.5 Å². The van der Waals surface area contributed by atoms with Gasteiger partial charge in [-0.3, -0.25) is 0 Å². The Morgan fingerprint density at radius 1 is 1.41 bits per heavy atom. The van der Waals surface area contributed by atoms with Crippen molar-refractivity contribution in [2.45, 2.75) is 19.3 Å². The zero-order chi connectivity index (χ0) is 12.1. The minimum atomic E-state index is -0.305. The van der Waals surface area contributed by atoms with E-state index in [1.807, 2.05) is 0 Å². The number of nitrogens with two attached hydrogens (primary N) is 1. The van der Waals surface area contributed by atoms with Gasteiger partial charge in [0.2, 0.25) is 0 Å². The number of hydrogen-bond acceptors (Lipinski definition) is 3. The van der Waals surface area contributed by atoms with Crippen molar-refractivity contribution in [2.75, 3.05) is 30.8 Å². The summed E-state index contributed by atoms with van der Waals surface area (Å²) in [5.41, 5.74) is 6.91. The van der Waals surface area contributed by atoms with Crippen molar-refractivity contribution in [1.29, 1.82) is 0 Å². The van der Waals surface area contributed by atoms with Crippen molar-refractivity contribution in [3.63, 3.8) is 0 Å². The minimum absolute atomic E-state index is 0.305. The van der Waals surface area contributed by atoms with Gasteiger partial charge in [-0.05, 0) is 43.4 Å². The topological polar surface area (TPSA) is 47.3 Å². The van der Waals surface area contributed by atoms with Crippen LogP contribution in [0, 0.1) is 11.7 Å². The first-order valence-corrected chi connectivity index (χ1v) is 6.12. The van der Waals surface area contributed by atoms with Crippen LogP contribution in [0.5, 0.6) is 0 Å². The summed E-state index contributed by atoms with van der Waals surface area (Å²) in [7, 11) is 0. The molecule has 94 valence electrons. The molecule has 0 aromatic heterocycles. The second kappa shape index (κ2) is 5.87. The van der Waals surface area contributed by atoms with Crippen molar-refractivity contribution in [2.24, 2.45) is 5.92 Å². The Morgan fingerprint density at radius 3 is 2.94 bits per heavy atom. The van der Waals surface area contributed by atoms with Crippen molar-refractivity contribution < 1.29 is 9.13 Å². The van der Waals surface area contributed by atoms with Gasteiger partial charge in [0.1, 0.15) is 5.82 Å². The third-order valence-electron chi connectivity index (χ3n) is 2.84. The quantitative estimate of drug-likeness (QED) is 0.567. The molecule has 1 aromatic rings. The molecule has 0 amide bonds. The van der Waals surface area contributed by atoms with Crippen LogP contribution in [0.3, 0.4) is 0 Å². The van der Waals surface area contributed by atoms with Crippen molar-refractivity contribution in [3.05, 3.63) is 24.0 Å². The molecule has 3 nitrogen and oxygen atoms in total. The van der Waals surface area contributed by atoms with E-state index in [-0.39, 0.29) is 5.82 Å². The van der Waals surface area contributed by atoms with Crippen LogP contribution >= 0.6 is 0 Å². The second-order valence-corrected chi connectivity index (χ2v) is 4.53. The number of anilines is 2. The fourth-order valence-electron chi connectivity index (χ4n) is 1.63. The average molecular weight is 238 g/mol. The summed E-state index contributed by atoms with van der Waals surface area (Å²) in [6.45, 7) is 2.46. The molecular formula is C13H19FN2O. The summed E-state index contributed by atoms with van der Waals surface area (Å²) in [6, 6.07) is 4.39. The highest BCUT2D eigenvalue weighted by atomic mass is 19.1. The van der Waals surface area contributed by atoms with Gasteiger partial charge in [0.05, 0.1) is 11.4 Å². The Hall–Kier alpha value is -1.29. The monoisotopic (exact) mass is 238 g/mol. The summed E-state index contributed by atoms with van der Waals surface area (Å²) < 4.78 is 18.3. The maximum absolute atomic E-state index is 12.8. The van der Waals surface area contributed by atoms with E-state index >= 15 is 0 Å². The van der Waals surface area contributed by atoms with E-state index in [0.29, 0.717) is 5.69 Å². The molecule has 1 saturated carbocycles. The number of rotatable bonds is 7. The second-order valence-electron chi connectivity index (χ2n) is 4.53. The fraction of sp³-hybridized carbons (Fsp3) is 0.538. The first-order chi connectivity index (χ1) is 8.25. The molecule has 1 aliphatic carbocycles. The molecular weight excluding hydrogens is 219 g/mol. The Bertz CT molecular complexity index is 366. The molecule has 0 aliphatic heterocycles. The number of hydrogen-bond donors (Lipinski definition) is 2. The zero-order valence-electron chi connectivity index (χ0n) is 9.92. The van der Waals surface area contributed by atoms with Gasteiger partial charge in [-0.15, -0.1) is 0 Å². The molecule has 0 heterocycles. The van der Waals surface area contributed by atoms with Crippen molar-refractivity contribution in [3.8, 4) is 0 Å². The SMILES string of the molecule is Nc1cc(F)ccc1NCCCOCC1CC1. The molecule has 17 heavy (non-hydrogen) atoms. The highest BCUT2D eigenvalue weighted by Crippen LogP contribution is 2.28.